The maximum atomic E-state index is 12.3. The molecule has 1 atom stereocenters. The Hall–Kier alpha value is -2.60. The molecule has 3 rings (SSSR count). The van der Waals surface area contributed by atoms with Crippen molar-refractivity contribution in [2.75, 3.05) is 18.5 Å². The summed E-state index contributed by atoms with van der Waals surface area (Å²) in [5.74, 6) is 0.659. The highest BCUT2D eigenvalue weighted by Crippen LogP contribution is 2.26. The summed E-state index contributed by atoms with van der Waals surface area (Å²) in [6.07, 6.45) is 5.35. The number of aromatic nitrogens is 1. The Morgan fingerprint density at radius 1 is 1.32 bits per heavy atom. The van der Waals surface area contributed by atoms with Crippen LogP contribution in [0.2, 0.25) is 0 Å². The van der Waals surface area contributed by atoms with Crippen molar-refractivity contribution in [2.45, 2.75) is 32.4 Å². The number of rotatable bonds is 6. The van der Waals surface area contributed by atoms with Crippen molar-refractivity contribution in [1.29, 1.82) is 0 Å². The van der Waals surface area contributed by atoms with Crippen molar-refractivity contribution in [3.63, 3.8) is 0 Å². The van der Waals surface area contributed by atoms with Gasteiger partial charge < -0.3 is 20.1 Å². The fourth-order valence-corrected chi connectivity index (χ4v) is 2.75. The molecule has 2 heterocycles. The molecular weight excluding hydrogens is 318 g/mol. The van der Waals surface area contributed by atoms with Crippen molar-refractivity contribution in [3.8, 4) is 5.75 Å². The van der Waals surface area contributed by atoms with Crippen LogP contribution in [0.15, 0.2) is 42.7 Å². The fourth-order valence-electron chi connectivity index (χ4n) is 2.75. The number of nitrogens with one attached hydrogen (secondary N) is 2. The van der Waals surface area contributed by atoms with E-state index in [-0.39, 0.29) is 12.1 Å². The SMILES string of the molecule is CCc1cnccc1CNC(=O)Nc1ccccc1OC1CCOC1. The minimum absolute atomic E-state index is 0.0370. The lowest BCUT2D eigenvalue weighted by molar-refractivity contribution is 0.142. The third-order valence-corrected chi connectivity index (χ3v) is 4.14. The van der Waals surface area contributed by atoms with Crippen LogP contribution < -0.4 is 15.4 Å². The highest BCUT2D eigenvalue weighted by atomic mass is 16.5. The van der Waals surface area contributed by atoms with Crippen LogP contribution in [0.5, 0.6) is 5.75 Å². The van der Waals surface area contributed by atoms with Gasteiger partial charge in [0.2, 0.25) is 0 Å². The van der Waals surface area contributed by atoms with Crippen LogP contribution in [-0.4, -0.2) is 30.3 Å². The van der Waals surface area contributed by atoms with E-state index >= 15 is 0 Å². The van der Waals surface area contributed by atoms with Gasteiger partial charge in [-0.3, -0.25) is 4.98 Å². The Kier molecular flexibility index (Phi) is 5.85. The Morgan fingerprint density at radius 2 is 2.20 bits per heavy atom. The summed E-state index contributed by atoms with van der Waals surface area (Å²) in [4.78, 5) is 16.4. The third-order valence-electron chi connectivity index (χ3n) is 4.14. The average Bonchev–Trinajstić information content (AvgIpc) is 3.15. The van der Waals surface area contributed by atoms with E-state index in [1.54, 1.807) is 6.20 Å². The first kappa shape index (κ1) is 17.2. The molecule has 0 bridgehead atoms. The molecule has 0 radical (unpaired) electrons. The van der Waals surface area contributed by atoms with E-state index in [4.69, 9.17) is 9.47 Å². The number of anilines is 1. The molecule has 132 valence electrons. The summed E-state index contributed by atoms with van der Waals surface area (Å²) >= 11 is 0. The summed E-state index contributed by atoms with van der Waals surface area (Å²) in [5.41, 5.74) is 2.85. The van der Waals surface area contributed by atoms with Crippen molar-refractivity contribution in [3.05, 3.63) is 53.9 Å². The summed E-state index contributed by atoms with van der Waals surface area (Å²) in [7, 11) is 0. The van der Waals surface area contributed by atoms with Gasteiger partial charge >= 0.3 is 6.03 Å². The predicted octanol–water partition coefficient (Wildman–Crippen LogP) is 3.13. The van der Waals surface area contributed by atoms with Crippen LogP contribution in [0.1, 0.15) is 24.5 Å². The lowest BCUT2D eigenvalue weighted by atomic mass is 10.1. The second kappa shape index (κ2) is 8.48. The first-order valence-corrected chi connectivity index (χ1v) is 8.56. The monoisotopic (exact) mass is 341 g/mol. The molecule has 6 nitrogen and oxygen atoms in total. The summed E-state index contributed by atoms with van der Waals surface area (Å²) in [6.45, 7) is 3.83. The number of aryl methyl sites for hydroxylation is 1. The number of urea groups is 1. The minimum Gasteiger partial charge on any atom is -0.486 e. The number of para-hydroxylation sites is 2. The lowest BCUT2D eigenvalue weighted by Crippen LogP contribution is -2.29. The standard InChI is InChI=1S/C19H23N3O3/c1-2-14-11-20-9-7-15(14)12-21-19(23)22-17-5-3-4-6-18(17)25-16-8-10-24-13-16/h3-7,9,11,16H,2,8,10,12-13H2,1H3,(H2,21,22,23). The smallest absolute Gasteiger partial charge is 0.319 e. The quantitative estimate of drug-likeness (QED) is 0.847. The van der Waals surface area contributed by atoms with E-state index in [1.807, 2.05) is 36.5 Å². The highest BCUT2D eigenvalue weighted by molar-refractivity contribution is 5.90. The van der Waals surface area contributed by atoms with Crippen molar-refractivity contribution >= 4 is 11.7 Å². The molecule has 1 aromatic carbocycles. The van der Waals surface area contributed by atoms with E-state index in [1.165, 1.54) is 0 Å². The minimum atomic E-state index is -0.266. The molecular formula is C19H23N3O3. The summed E-state index contributed by atoms with van der Waals surface area (Å²) in [5, 5.41) is 5.75. The number of carbonyl (C=O) groups excluding carboxylic acids is 1. The van der Waals surface area contributed by atoms with Gasteiger partial charge in [0, 0.05) is 25.4 Å². The molecule has 1 aliphatic rings. The maximum absolute atomic E-state index is 12.3. The van der Waals surface area contributed by atoms with Gasteiger partial charge in [0.05, 0.1) is 18.9 Å². The molecule has 1 unspecified atom stereocenters. The average molecular weight is 341 g/mol. The molecule has 1 fully saturated rings. The van der Waals surface area contributed by atoms with Crippen molar-refractivity contribution in [2.24, 2.45) is 0 Å². The van der Waals surface area contributed by atoms with Crippen LogP contribution in [0.25, 0.3) is 0 Å². The number of hydrogen-bond donors (Lipinski definition) is 2. The molecule has 1 aromatic heterocycles. The number of hydrogen-bond acceptors (Lipinski definition) is 4. The number of amides is 2. The van der Waals surface area contributed by atoms with Gasteiger partial charge in [-0.05, 0) is 35.7 Å². The highest BCUT2D eigenvalue weighted by Gasteiger charge is 2.19. The molecule has 2 N–H and O–H groups in total. The van der Waals surface area contributed by atoms with Crippen LogP contribution >= 0.6 is 0 Å². The Balaban J connectivity index is 1.59. The second-order valence-corrected chi connectivity index (χ2v) is 5.91. The zero-order valence-corrected chi connectivity index (χ0v) is 14.3. The number of nitrogens with zero attached hydrogens (tertiary/aromatic N) is 1. The zero-order valence-electron chi connectivity index (χ0n) is 14.3. The van der Waals surface area contributed by atoms with Crippen LogP contribution in [0.4, 0.5) is 10.5 Å². The number of benzene rings is 1. The van der Waals surface area contributed by atoms with E-state index in [0.29, 0.717) is 31.2 Å². The molecule has 6 heteroatoms. The van der Waals surface area contributed by atoms with E-state index in [0.717, 1.165) is 24.0 Å². The Labute approximate surface area is 147 Å². The maximum Gasteiger partial charge on any atom is 0.319 e. The van der Waals surface area contributed by atoms with Gasteiger partial charge in [-0.2, -0.15) is 0 Å². The molecule has 1 aliphatic heterocycles. The predicted molar refractivity (Wildman–Crippen MR) is 95.8 cm³/mol. The van der Waals surface area contributed by atoms with Crippen LogP contribution in [-0.2, 0) is 17.7 Å². The van der Waals surface area contributed by atoms with Crippen molar-refractivity contribution in [1.82, 2.24) is 10.3 Å². The van der Waals surface area contributed by atoms with Gasteiger partial charge in [-0.1, -0.05) is 19.1 Å². The largest absolute Gasteiger partial charge is 0.486 e. The van der Waals surface area contributed by atoms with Gasteiger partial charge in [-0.25, -0.2) is 4.79 Å². The molecule has 0 spiro atoms. The van der Waals surface area contributed by atoms with Crippen molar-refractivity contribution < 1.29 is 14.3 Å². The molecule has 2 aromatic rings. The fraction of sp³-hybridized carbons (Fsp3) is 0.368. The second-order valence-electron chi connectivity index (χ2n) is 5.91. The first-order valence-electron chi connectivity index (χ1n) is 8.56. The van der Waals surface area contributed by atoms with Gasteiger partial charge in [0.1, 0.15) is 11.9 Å². The van der Waals surface area contributed by atoms with Gasteiger partial charge in [0.25, 0.3) is 0 Å². The van der Waals surface area contributed by atoms with Gasteiger partial charge in [-0.15, -0.1) is 0 Å². The normalized spacial score (nSPS) is 16.4. The molecule has 0 saturated carbocycles. The van der Waals surface area contributed by atoms with Gasteiger partial charge in [0.15, 0.2) is 0 Å². The number of pyridine rings is 1. The Bertz CT molecular complexity index is 715. The lowest BCUT2D eigenvalue weighted by Gasteiger charge is -2.16. The Morgan fingerprint density at radius 3 is 3.00 bits per heavy atom. The topological polar surface area (TPSA) is 72.5 Å². The molecule has 2 amide bonds. The van der Waals surface area contributed by atoms with E-state index < -0.39 is 0 Å². The number of carbonyl (C=O) groups is 1. The number of ether oxygens (including phenoxy) is 2. The molecule has 0 aliphatic carbocycles. The molecule has 1 saturated heterocycles. The van der Waals surface area contributed by atoms with E-state index in [9.17, 15) is 4.79 Å². The summed E-state index contributed by atoms with van der Waals surface area (Å²) < 4.78 is 11.3. The molecule has 25 heavy (non-hydrogen) atoms. The van der Waals surface area contributed by atoms with Crippen LogP contribution in [0, 0.1) is 0 Å². The first-order chi connectivity index (χ1) is 12.3. The van der Waals surface area contributed by atoms with E-state index in [2.05, 4.69) is 22.5 Å². The zero-order chi connectivity index (χ0) is 17.5. The van der Waals surface area contributed by atoms with Crippen LogP contribution in [0.3, 0.4) is 0 Å². The third kappa shape index (κ3) is 4.70. The summed E-state index contributed by atoms with van der Waals surface area (Å²) in [6, 6.07) is 9.10.